The van der Waals surface area contributed by atoms with Gasteiger partial charge >= 0.3 is 5.97 Å². The summed E-state index contributed by atoms with van der Waals surface area (Å²) >= 11 is 1.62. The Balaban J connectivity index is 2.18. The summed E-state index contributed by atoms with van der Waals surface area (Å²) in [6, 6.07) is 2.03. The molecule has 0 atom stereocenters. The Labute approximate surface area is 94.3 Å². The van der Waals surface area contributed by atoms with Gasteiger partial charge in [-0.05, 0) is 44.2 Å². The highest BCUT2D eigenvalue weighted by atomic mass is 32.1. The molecule has 1 heterocycles. The topological polar surface area (TPSA) is 26.3 Å². The van der Waals surface area contributed by atoms with E-state index in [1.54, 1.807) is 11.3 Å². The number of carbonyl (C=O) groups is 1. The zero-order chi connectivity index (χ0) is 10.7. The molecule has 15 heavy (non-hydrogen) atoms. The Bertz CT molecular complexity index is 331. The van der Waals surface area contributed by atoms with Crippen molar-refractivity contribution >= 4 is 17.3 Å². The van der Waals surface area contributed by atoms with Gasteiger partial charge in [-0.25, -0.2) is 4.79 Å². The van der Waals surface area contributed by atoms with Crippen LogP contribution in [0.2, 0.25) is 0 Å². The predicted octanol–water partition coefficient (Wildman–Crippen LogP) is 3.19. The average molecular weight is 224 g/mol. The highest BCUT2D eigenvalue weighted by molar-refractivity contribution is 7.14. The van der Waals surface area contributed by atoms with Crippen LogP contribution in [0.3, 0.4) is 0 Å². The molecule has 0 saturated heterocycles. The lowest BCUT2D eigenvalue weighted by Crippen LogP contribution is -2.01. The Morgan fingerprint density at radius 1 is 1.40 bits per heavy atom. The normalized spacial score (nSPS) is 15.5. The summed E-state index contributed by atoms with van der Waals surface area (Å²) in [5.74, 6) is -0.157. The standard InChI is InChI=1S/C12H16O2S/c1-2-14-12(13)11-8-9-6-4-3-5-7-10(9)15-11/h8H,2-7H2,1H3. The Hall–Kier alpha value is -0.830. The number of hydrogen-bond acceptors (Lipinski definition) is 3. The fraction of sp³-hybridized carbons (Fsp3) is 0.583. The highest BCUT2D eigenvalue weighted by Gasteiger charge is 2.16. The molecule has 0 aromatic carbocycles. The number of rotatable bonds is 2. The maximum atomic E-state index is 11.5. The number of aryl methyl sites for hydroxylation is 2. The van der Waals surface area contributed by atoms with Crippen LogP contribution in [0.25, 0.3) is 0 Å². The van der Waals surface area contributed by atoms with Gasteiger partial charge in [0.05, 0.1) is 6.61 Å². The maximum absolute atomic E-state index is 11.5. The Kier molecular flexibility index (Phi) is 3.41. The van der Waals surface area contributed by atoms with Crippen LogP contribution >= 0.6 is 11.3 Å². The lowest BCUT2D eigenvalue weighted by Gasteiger charge is -1.97. The molecule has 2 rings (SSSR count). The molecule has 1 aromatic rings. The number of esters is 1. The van der Waals surface area contributed by atoms with E-state index in [9.17, 15) is 4.79 Å². The van der Waals surface area contributed by atoms with E-state index in [-0.39, 0.29) is 5.97 Å². The summed E-state index contributed by atoms with van der Waals surface area (Å²) in [6.07, 6.45) is 6.10. The molecular weight excluding hydrogens is 208 g/mol. The van der Waals surface area contributed by atoms with E-state index in [4.69, 9.17) is 4.74 Å². The minimum atomic E-state index is -0.157. The van der Waals surface area contributed by atoms with E-state index in [2.05, 4.69) is 0 Å². The molecule has 1 aliphatic carbocycles. The molecular formula is C12H16O2S. The summed E-state index contributed by atoms with van der Waals surface area (Å²) in [5.41, 5.74) is 1.38. The second-order valence-corrected chi connectivity index (χ2v) is 4.98. The third kappa shape index (κ3) is 2.40. The molecule has 0 bridgehead atoms. The van der Waals surface area contributed by atoms with Gasteiger partial charge in [0.25, 0.3) is 0 Å². The molecule has 0 radical (unpaired) electrons. The van der Waals surface area contributed by atoms with E-state index in [0.717, 1.165) is 17.7 Å². The monoisotopic (exact) mass is 224 g/mol. The van der Waals surface area contributed by atoms with E-state index >= 15 is 0 Å². The van der Waals surface area contributed by atoms with E-state index in [1.807, 2.05) is 13.0 Å². The third-order valence-electron chi connectivity index (χ3n) is 2.72. The molecule has 3 heteroatoms. The molecule has 0 saturated carbocycles. The fourth-order valence-electron chi connectivity index (χ4n) is 1.97. The molecule has 0 aliphatic heterocycles. The third-order valence-corrected chi connectivity index (χ3v) is 3.94. The van der Waals surface area contributed by atoms with Crippen LogP contribution in [-0.2, 0) is 17.6 Å². The summed E-state index contributed by atoms with van der Waals surface area (Å²) in [6.45, 7) is 2.30. The molecule has 1 aromatic heterocycles. The number of fused-ring (bicyclic) bond motifs is 1. The second-order valence-electron chi connectivity index (χ2n) is 3.84. The number of ether oxygens (including phenoxy) is 1. The SMILES string of the molecule is CCOC(=O)c1cc2c(s1)CCCCC2. The van der Waals surface area contributed by atoms with E-state index in [0.29, 0.717) is 6.61 Å². The number of carbonyl (C=O) groups excluding carboxylic acids is 1. The van der Waals surface area contributed by atoms with Crippen molar-refractivity contribution in [1.29, 1.82) is 0 Å². The van der Waals surface area contributed by atoms with E-state index < -0.39 is 0 Å². The first-order chi connectivity index (χ1) is 7.31. The van der Waals surface area contributed by atoms with Crippen molar-refractivity contribution in [2.24, 2.45) is 0 Å². The first-order valence-electron chi connectivity index (χ1n) is 5.60. The zero-order valence-electron chi connectivity index (χ0n) is 9.04. The van der Waals surface area contributed by atoms with Crippen molar-refractivity contribution in [2.45, 2.75) is 39.0 Å². The molecule has 2 nitrogen and oxygen atoms in total. The Morgan fingerprint density at radius 2 is 2.20 bits per heavy atom. The summed E-state index contributed by atoms with van der Waals surface area (Å²) in [7, 11) is 0. The quantitative estimate of drug-likeness (QED) is 0.569. The molecule has 0 unspecified atom stereocenters. The molecule has 0 fully saturated rings. The minimum Gasteiger partial charge on any atom is -0.462 e. The van der Waals surface area contributed by atoms with Crippen LogP contribution in [0, 0.1) is 0 Å². The Morgan fingerprint density at radius 3 is 3.00 bits per heavy atom. The van der Waals surface area contributed by atoms with E-state index in [1.165, 1.54) is 29.7 Å². The predicted molar refractivity (Wildman–Crippen MR) is 61.5 cm³/mol. The van der Waals surface area contributed by atoms with Gasteiger partial charge in [-0.3, -0.25) is 0 Å². The van der Waals surface area contributed by atoms with Crippen molar-refractivity contribution in [3.05, 3.63) is 21.4 Å². The molecule has 0 amide bonds. The van der Waals surface area contributed by atoms with Crippen LogP contribution in [0.4, 0.5) is 0 Å². The van der Waals surface area contributed by atoms with Gasteiger partial charge in [-0.15, -0.1) is 11.3 Å². The minimum absolute atomic E-state index is 0.157. The highest BCUT2D eigenvalue weighted by Crippen LogP contribution is 2.29. The van der Waals surface area contributed by atoms with Crippen LogP contribution in [0.1, 0.15) is 46.3 Å². The van der Waals surface area contributed by atoms with Gasteiger partial charge in [0.2, 0.25) is 0 Å². The van der Waals surface area contributed by atoms with Crippen LogP contribution in [0.15, 0.2) is 6.07 Å². The maximum Gasteiger partial charge on any atom is 0.348 e. The molecule has 0 spiro atoms. The van der Waals surface area contributed by atoms with Crippen molar-refractivity contribution in [2.75, 3.05) is 6.61 Å². The largest absolute Gasteiger partial charge is 0.462 e. The average Bonchev–Trinajstić information content (AvgIpc) is 2.51. The van der Waals surface area contributed by atoms with Crippen LogP contribution in [0.5, 0.6) is 0 Å². The summed E-state index contributed by atoms with van der Waals surface area (Å²) < 4.78 is 5.01. The summed E-state index contributed by atoms with van der Waals surface area (Å²) in [5, 5.41) is 0. The lowest BCUT2D eigenvalue weighted by atomic mass is 10.1. The van der Waals surface area contributed by atoms with Gasteiger partial charge in [0.1, 0.15) is 4.88 Å². The van der Waals surface area contributed by atoms with Crippen molar-refractivity contribution in [3.63, 3.8) is 0 Å². The van der Waals surface area contributed by atoms with Crippen molar-refractivity contribution < 1.29 is 9.53 Å². The number of hydrogen-bond donors (Lipinski definition) is 0. The molecule has 1 aliphatic rings. The summed E-state index contributed by atoms with van der Waals surface area (Å²) in [4.78, 5) is 13.7. The van der Waals surface area contributed by atoms with Gasteiger partial charge < -0.3 is 4.74 Å². The fourth-order valence-corrected chi connectivity index (χ4v) is 3.12. The first kappa shape index (κ1) is 10.7. The lowest BCUT2D eigenvalue weighted by molar-refractivity contribution is 0.0532. The number of thiophene rings is 1. The van der Waals surface area contributed by atoms with Gasteiger partial charge in [-0.1, -0.05) is 6.42 Å². The van der Waals surface area contributed by atoms with Crippen LogP contribution in [-0.4, -0.2) is 12.6 Å². The van der Waals surface area contributed by atoms with Crippen molar-refractivity contribution in [1.82, 2.24) is 0 Å². The molecule has 0 N–H and O–H groups in total. The smallest absolute Gasteiger partial charge is 0.348 e. The van der Waals surface area contributed by atoms with Crippen molar-refractivity contribution in [3.8, 4) is 0 Å². The van der Waals surface area contributed by atoms with Gasteiger partial charge in [0, 0.05) is 4.88 Å². The zero-order valence-corrected chi connectivity index (χ0v) is 9.86. The van der Waals surface area contributed by atoms with Gasteiger partial charge in [0.15, 0.2) is 0 Å². The van der Waals surface area contributed by atoms with Gasteiger partial charge in [-0.2, -0.15) is 0 Å². The molecule has 82 valence electrons. The second kappa shape index (κ2) is 4.79. The van der Waals surface area contributed by atoms with Crippen LogP contribution < -0.4 is 0 Å². The first-order valence-corrected chi connectivity index (χ1v) is 6.41.